The number of fused-ring (bicyclic) bond motifs is 1. The summed E-state index contributed by atoms with van der Waals surface area (Å²) < 4.78 is 0. The predicted octanol–water partition coefficient (Wildman–Crippen LogP) is 1.30. The highest BCUT2D eigenvalue weighted by Gasteiger charge is 2.36. The van der Waals surface area contributed by atoms with Gasteiger partial charge in [0, 0.05) is 43.6 Å². The van der Waals surface area contributed by atoms with Crippen molar-refractivity contribution in [1.82, 2.24) is 14.9 Å². The van der Waals surface area contributed by atoms with Crippen molar-refractivity contribution in [3.63, 3.8) is 0 Å². The van der Waals surface area contributed by atoms with Crippen molar-refractivity contribution in [2.75, 3.05) is 30.3 Å². The minimum Gasteiger partial charge on any atom is -0.383 e. The first-order valence-corrected chi connectivity index (χ1v) is 7.65. The molecule has 2 aliphatic heterocycles. The summed E-state index contributed by atoms with van der Waals surface area (Å²) >= 11 is 0. The first-order valence-electron chi connectivity index (χ1n) is 7.65. The summed E-state index contributed by atoms with van der Waals surface area (Å²) in [5.41, 5.74) is 6.99. The summed E-state index contributed by atoms with van der Waals surface area (Å²) in [6.45, 7) is 8.56. The number of anilines is 2. The summed E-state index contributed by atoms with van der Waals surface area (Å²) in [4.78, 5) is 25.2. The Morgan fingerprint density at radius 3 is 2.76 bits per heavy atom. The zero-order valence-corrected chi connectivity index (χ0v) is 13.0. The molecular weight excluding hydrogens is 266 g/mol. The number of carbonyl (C=O) groups excluding carboxylic acids is 1. The van der Waals surface area contributed by atoms with Gasteiger partial charge < -0.3 is 15.5 Å². The van der Waals surface area contributed by atoms with Crippen molar-refractivity contribution < 1.29 is 4.79 Å². The summed E-state index contributed by atoms with van der Waals surface area (Å²) in [7, 11) is 0. The van der Waals surface area contributed by atoms with Crippen LogP contribution in [-0.2, 0) is 4.79 Å². The molecule has 6 heteroatoms. The lowest BCUT2D eigenvalue weighted by molar-refractivity contribution is -0.129. The van der Waals surface area contributed by atoms with Crippen LogP contribution in [0.4, 0.5) is 11.6 Å². The van der Waals surface area contributed by atoms with Gasteiger partial charge in [-0.25, -0.2) is 9.97 Å². The Morgan fingerprint density at radius 1 is 1.29 bits per heavy atom. The van der Waals surface area contributed by atoms with Crippen LogP contribution < -0.4 is 10.6 Å². The van der Waals surface area contributed by atoms with E-state index in [1.165, 1.54) is 0 Å². The van der Waals surface area contributed by atoms with E-state index in [2.05, 4.69) is 23.7 Å². The van der Waals surface area contributed by atoms with Gasteiger partial charge in [0.15, 0.2) is 0 Å². The Balaban J connectivity index is 1.89. The third-order valence-corrected chi connectivity index (χ3v) is 4.49. The van der Waals surface area contributed by atoms with Gasteiger partial charge in [-0.1, -0.05) is 13.8 Å². The van der Waals surface area contributed by atoms with Crippen LogP contribution in [0.5, 0.6) is 0 Å². The molecule has 2 fully saturated rings. The molecule has 0 aromatic carbocycles. The summed E-state index contributed by atoms with van der Waals surface area (Å²) in [5, 5.41) is 0. The molecule has 0 saturated carbocycles. The molecule has 1 aromatic heterocycles. The number of aromatic nitrogens is 2. The molecule has 3 rings (SSSR count). The van der Waals surface area contributed by atoms with Crippen molar-refractivity contribution in [2.24, 2.45) is 0 Å². The Hall–Kier alpha value is -1.85. The molecule has 21 heavy (non-hydrogen) atoms. The minimum absolute atomic E-state index is 0.251. The van der Waals surface area contributed by atoms with Crippen LogP contribution in [0.25, 0.3) is 0 Å². The molecule has 2 aliphatic rings. The third kappa shape index (κ3) is 2.43. The highest BCUT2D eigenvalue weighted by Crippen LogP contribution is 2.29. The number of rotatable bonds is 2. The standard InChI is InChI=1S/C15H23N5O/c1-9(2)14-17-13(16)10(3)15(18-14)19-6-7-20-11(8-19)4-5-12(20)21/h9,11H,4-8H2,1-3H3,(H2,16,17,18). The number of piperazine rings is 1. The molecule has 1 atom stereocenters. The Bertz CT molecular complexity index is 571. The van der Waals surface area contributed by atoms with Gasteiger partial charge in [0.1, 0.15) is 17.5 Å². The van der Waals surface area contributed by atoms with Gasteiger partial charge in [-0.15, -0.1) is 0 Å². The molecule has 1 aromatic rings. The number of hydrogen-bond donors (Lipinski definition) is 1. The topological polar surface area (TPSA) is 75.3 Å². The lowest BCUT2D eigenvalue weighted by Crippen LogP contribution is -2.52. The SMILES string of the molecule is Cc1c(N)nc(C(C)C)nc1N1CCN2C(=O)CCC2C1. The molecule has 1 amide bonds. The molecule has 0 radical (unpaired) electrons. The maximum Gasteiger partial charge on any atom is 0.223 e. The van der Waals surface area contributed by atoms with Gasteiger partial charge in [0.05, 0.1) is 0 Å². The molecule has 114 valence electrons. The van der Waals surface area contributed by atoms with Crippen LogP contribution in [-0.4, -0.2) is 46.5 Å². The van der Waals surface area contributed by atoms with Gasteiger partial charge in [-0.05, 0) is 13.3 Å². The lowest BCUT2D eigenvalue weighted by atomic mass is 10.1. The Kier molecular flexibility index (Phi) is 3.47. The molecule has 3 heterocycles. The number of amides is 1. The third-order valence-electron chi connectivity index (χ3n) is 4.49. The second-order valence-corrected chi connectivity index (χ2v) is 6.30. The Labute approximate surface area is 125 Å². The van der Waals surface area contributed by atoms with Crippen molar-refractivity contribution in [3.05, 3.63) is 11.4 Å². The molecule has 0 bridgehead atoms. The van der Waals surface area contributed by atoms with Gasteiger partial charge in [-0.3, -0.25) is 4.79 Å². The van der Waals surface area contributed by atoms with E-state index in [0.29, 0.717) is 24.2 Å². The van der Waals surface area contributed by atoms with Crippen molar-refractivity contribution >= 4 is 17.5 Å². The number of nitrogens with two attached hydrogens (primary N) is 1. The van der Waals surface area contributed by atoms with E-state index in [4.69, 9.17) is 10.7 Å². The predicted molar refractivity (Wildman–Crippen MR) is 82.2 cm³/mol. The molecule has 2 saturated heterocycles. The molecule has 0 aliphatic carbocycles. The highest BCUT2D eigenvalue weighted by atomic mass is 16.2. The normalized spacial score (nSPS) is 22.1. The van der Waals surface area contributed by atoms with Crippen LogP contribution in [0, 0.1) is 6.92 Å². The Morgan fingerprint density at radius 2 is 2.05 bits per heavy atom. The average Bonchev–Trinajstić information content (AvgIpc) is 2.82. The average molecular weight is 289 g/mol. The van der Waals surface area contributed by atoms with E-state index >= 15 is 0 Å². The van der Waals surface area contributed by atoms with Crippen molar-refractivity contribution in [1.29, 1.82) is 0 Å². The first-order chi connectivity index (χ1) is 9.97. The molecule has 0 spiro atoms. The minimum atomic E-state index is 0.251. The summed E-state index contributed by atoms with van der Waals surface area (Å²) in [6.07, 6.45) is 1.63. The van der Waals surface area contributed by atoms with Crippen LogP contribution in [0.1, 0.15) is 44.0 Å². The smallest absolute Gasteiger partial charge is 0.223 e. The summed E-state index contributed by atoms with van der Waals surface area (Å²) in [5.74, 6) is 2.83. The first kappa shape index (κ1) is 14.1. The van der Waals surface area contributed by atoms with Crippen LogP contribution in [0.15, 0.2) is 0 Å². The van der Waals surface area contributed by atoms with E-state index in [1.54, 1.807) is 0 Å². The van der Waals surface area contributed by atoms with Crippen molar-refractivity contribution in [2.45, 2.75) is 45.6 Å². The summed E-state index contributed by atoms with van der Waals surface area (Å²) in [6, 6.07) is 0.323. The zero-order valence-electron chi connectivity index (χ0n) is 13.0. The molecule has 1 unspecified atom stereocenters. The maximum absolute atomic E-state index is 11.8. The van der Waals surface area contributed by atoms with E-state index in [1.807, 2.05) is 11.8 Å². The fraction of sp³-hybridized carbons (Fsp3) is 0.667. The van der Waals surface area contributed by atoms with E-state index in [0.717, 1.165) is 43.3 Å². The molecule has 2 N–H and O–H groups in total. The van der Waals surface area contributed by atoms with Gasteiger partial charge in [-0.2, -0.15) is 0 Å². The quantitative estimate of drug-likeness (QED) is 0.888. The molecular formula is C15H23N5O. The monoisotopic (exact) mass is 289 g/mol. The van der Waals surface area contributed by atoms with E-state index < -0.39 is 0 Å². The number of nitrogen functional groups attached to an aromatic ring is 1. The fourth-order valence-corrected chi connectivity index (χ4v) is 3.16. The number of carbonyl (C=O) groups is 1. The highest BCUT2D eigenvalue weighted by molar-refractivity contribution is 5.79. The van der Waals surface area contributed by atoms with Gasteiger partial charge in [0.25, 0.3) is 0 Å². The molecule has 6 nitrogen and oxygen atoms in total. The lowest BCUT2D eigenvalue weighted by Gasteiger charge is -2.39. The zero-order chi connectivity index (χ0) is 15.1. The van der Waals surface area contributed by atoms with Crippen molar-refractivity contribution in [3.8, 4) is 0 Å². The van der Waals surface area contributed by atoms with Crippen LogP contribution in [0.2, 0.25) is 0 Å². The van der Waals surface area contributed by atoms with Crippen LogP contribution in [0.3, 0.4) is 0 Å². The number of nitrogens with zero attached hydrogens (tertiary/aromatic N) is 4. The van der Waals surface area contributed by atoms with Gasteiger partial charge in [0.2, 0.25) is 5.91 Å². The second-order valence-electron chi connectivity index (χ2n) is 6.30. The second kappa shape index (κ2) is 5.16. The number of hydrogen-bond acceptors (Lipinski definition) is 5. The van der Waals surface area contributed by atoms with E-state index in [-0.39, 0.29) is 5.92 Å². The largest absolute Gasteiger partial charge is 0.383 e. The van der Waals surface area contributed by atoms with Crippen LogP contribution >= 0.6 is 0 Å². The fourth-order valence-electron chi connectivity index (χ4n) is 3.16. The van der Waals surface area contributed by atoms with Gasteiger partial charge >= 0.3 is 0 Å². The van der Waals surface area contributed by atoms with E-state index in [9.17, 15) is 4.79 Å². The maximum atomic E-state index is 11.8.